The van der Waals surface area contributed by atoms with Crippen molar-refractivity contribution in [2.24, 2.45) is 0 Å². The van der Waals surface area contributed by atoms with Crippen molar-refractivity contribution in [1.82, 2.24) is 14.0 Å². The van der Waals surface area contributed by atoms with Gasteiger partial charge < -0.3 is 4.79 Å². The third-order valence-electron chi connectivity index (χ3n) is 3.65. The minimum absolute atomic E-state index is 0.0718. The Morgan fingerprint density at radius 1 is 1.57 bits per heavy atom. The first-order chi connectivity index (χ1) is 10.2. The summed E-state index contributed by atoms with van der Waals surface area (Å²) < 4.78 is 5.48. The number of hydrogen-bond donors (Lipinski definition) is 1. The van der Waals surface area contributed by atoms with Crippen LogP contribution in [-0.2, 0) is 4.79 Å². The molecule has 2 aromatic heterocycles. The second-order valence-corrected chi connectivity index (χ2v) is 7.46. The lowest BCUT2D eigenvalue weighted by Crippen LogP contribution is -2.41. The van der Waals surface area contributed by atoms with Gasteiger partial charge in [0.15, 0.2) is 0 Å². The van der Waals surface area contributed by atoms with E-state index in [0.29, 0.717) is 0 Å². The second kappa shape index (κ2) is 6.19. The molecule has 3 unspecified atom stereocenters. The van der Waals surface area contributed by atoms with Gasteiger partial charge in [0.25, 0.3) is 0 Å². The van der Waals surface area contributed by atoms with E-state index < -0.39 is 0 Å². The Morgan fingerprint density at radius 2 is 2.43 bits per heavy atom. The van der Waals surface area contributed by atoms with Crippen LogP contribution in [0.15, 0.2) is 35.8 Å². The number of carbonyl (C=O) groups is 1. The molecule has 0 saturated carbocycles. The number of rotatable bonds is 3. The highest BCUT2D eigenvalue weighted by atomic mass is 32.2. The van der Waals surface area contributed by atoms with Gasteiger partial charge in [-0.2, -0.15) is 0 Å². The van der Waals surface area contributed by atoms with Crippen molar-refractivity contribution in [2.75, 3.05) is 7.05 Å². The van der Waals surface area contributed by atoms with Crippen LogP contribution in [0.1, 0.15) is 17.3 Å². The van der Waals surface area contributed by atoms with Crippen LogP contribution < -0.4 is 4.72 Å². The summed E-state index contributed by atoms with van der Waals surface area (Å²) in [6.07, 6.45) is 3.60. The number of hydrogen-bond acceptors (Lipinski definition) is 5. The summed E-state index contributed by atoms with van der Waals surface area (Å²) in [5, 5.41) is 2.12. The van der Waals surface area contributed by atoms with Gasteiger partial charge in [-0.3, -0.25) is 4.98 Å². The molecule has 1 aliphatic rings. The zero-order chi connectivity index (χ0) is 14.8. The third-order valence-corrected chi connectivity index (χ3v) is 6.22. The molecule has 1 fully saturated rings. The number of pyridine rings is 1. The molecule has 21 heavy (non-hydrogen) atoms. The summed E-state index contributed by atoms with van der Waals surface area (Å²) in [4.78, 5) is 16.8. The van der Waals surface area contributed by atoms with Gasteiger partial charge >= 0.3 is 0 Å². The highest BCUT2D eigenvalue weighted by Crippen LogP contribution is 2.36. The maximum absolute atomic E-state index is 11.2. The van der Waals surface area contributed by atoms with Crippen LogP contribution in [0, 0.1) is 0 Å². The van der Waals surface area contributed by atoms with E-state index in [2.05, 4.69) is 27.0 Å². The molecule has 0 bridgehead atoms. The van der Waals surface area contributed by atoms with Crippen LogP contribution >= 0.6 is 22.2 Å². The summed E-state index contributed by atoms with van der Waals surface area (Å²) in [5.74, 6) is 4.09. The average molecular weight is 319 g/mol. The molecule has 3 heterocycles. The van der Waals surface area contributed by atoms with Crippen molar-refractivity contribution in [1.29, 1.82) is 0 Å². The number of carbonyl (C=O) groups excluding carboxylic acids is 1. The Hall–Kier alpha value is -1.34. The normalized spacial score (nSPS) is 26.6. The minimum Gasteiger partial charge on any atom is -0.302 e. The number of aldehydes is 1. The van der Waals surface area contributed by atoms with Gasteiger partial charge in [-0.1, -0.05) is 16.9 Å². The van der Waals surface area contributed by atoms with Crippen LogP contribution in [0.25, 0.3) is 11.3 Å². The van der Waals surface area contributed by atoms with Gasteiger partial charge in [0.05, 0.1) is 17.8 Å². The molecular formula is C15H17N3OS2. The molecule has 1 N–H and O–H groups in total. The zero-order valence-electron chi connectivity index (χ0n) is 11.7. The smallest absolute Gasteiger partial charge is 0.138 e. The van der Waals surface area contributed by atoms with Crippen LogP contribution in [0.5, 0.6) is 0 Å². The van der Waals surface area contributed by atoms with E-state index >= 15 is 0 Å². The summed E-state index contributed by atoms with van der Waals surface area (Å²) >= 11 is 1.71. The van der Waals surface area contributed by atoms with Crippen molar-refractivity contribution in [2.45, 2.75) is 18.5 Å². The highest BCUT2D eigenvalue weighted by Gasteiger charge is 2.29. The monoisotopic (exact) mass is 319 g/mol. The van der Waals surface area contributed by atoms with E-state index in [1.165, 1.54) is 4.88 Å². The largest absolute Gasteiger partial charge is 0.302 e. The summed E-state index contributed by atoms with van der Waals surface area (Å²) in [6.45, 7) is 0. The molecule has 0 amide bonds. The fourth-order valence-electron chi connectivity index (χ4n) is 2.37. The summed E-state index contributed by atoms with van der Waals surface area (Å²) in [6, 6.07) is 8.18. The molecule has 4 nitrogen and oxygen atoms in total. The van der Waals surface area contributed by atoms with Gasteiger partial charge in [0, 0.05) is 22.0 Å². The summed E-state index contributed by atoms with van der Waals surface area (Å²) in [5.41, 5.74) is 2.11. The molecule has 2 aromatic rings. The van der Waals surface area contributed by atoms with E-state index in [4.69, 9.17) is 0 Å². The molecule has 1 aliphatic heterocycles. The van der Waals surface area contributed by atoms with Gasteiger partial charge in [-0.15, -0.1) is 11.3 Å². The average Bonchev–Trinajstić information content (AvgIpc) is 3.00. The molecule has 0 aromatic carbocycles. The predicted molar refractivity (Wildman–Crippen MR) is 90.4 cm³/mol. The molecule has 3 atom stereocenters. The van der Waals surface area contributed by atoms with E-state index in [9.17, 15) is 4.79 Å². The fourth-order valence-corrected chi connectivity index (χ4v) is 4.59. The number of nitrogens with zero attached hydrogens (tertiary/aromatic N) is 2. The van der Waals surface area contributed by atoms with Gasteiger partial charge in [0.2, 0.25) is 0 Å². The van der Waals surface area contributed by atoms with Crippen molar-refractivity contribution in [3.63, 3.8) is 0 Å². The minimum atomic E-state index is -0.338. The van der Waals surface area contributed by atoms with Gasteiger partial charge in [0.1, 0.15) is 6.29 Å². The first kappa shape index (κ1) is 14.6. The number of thiophene rings is 1. The molecular weight excluding hydrogens is 302 g/mol. The zero-order valence-corrected chi connectivity index (χ0v) is 13.4. The lowest BCUT2D eigenvalue weighted by Gasteiger charge is -2.36. The standard InChI is InChI=1S/C15H17N3OS2/c1-18-12(9-19)8-14(17-21(18)2)15-7-11(10-20-15)13-5-3-4-6-16-13/h3-7,9-10,12,14,17H,2,8H2,1H3. The number of likely N-dealkylation sites (N-methyl/N-ethyl adjacent to an activating group) is 1. The summed E-state index contributed by atoms with van der Waals surface area (Å²) in [7, 11) is 1.60. The first-order valence-electron chi connectivity index (χ1n) is 6.67. The van der Waals surface area contributed by atoms with Crippen molar-refractivity contribution in [3.8, 4) is 11.3 Å². The van der Waals surface area contributed by atoms with E-state index in [1.54, 1.807) is 17.5 Å². The predicted octanol–water partition coefficient (Wildman–Crippen LogP) is 2.87. The van der Waals surface area contributed by atoms with Crippen LogP contribution in [0.2, 0.25) is 0 Å². The van der Waals surface area contributed by atoms with Crippen molar-refractivity contribution < 1.29 is 4.79 Å². The van der Waals surface area contributed by atoms with Crippen molar-refractivity contribution >= 4 is 34.3 Å². The van der Waals surface area contributed by atoms with E-state index in [1.807, 2.05) is 29.6 Å². The topological polar surface area (TPSA) is 45.2 Å². The SMILES string of the molecule is C=S1NC(c2cc(-c3ccccn3)cs2)CC(C=O)N1C. The Labute approximate surface area is 131 Å². The lowest BCUT2D eigenvalue weighted by atomic mass is 10.1. The third kappa shape index (κ3) is 2.98. The molecule has 3 rings (SSSR count). The van der Waals surface area contributed by atoms with Crippen LogP contribution in [-0.4, -0.2) is 34.5 Å². The molecule has 0 radical (unpaired) electrons. The maximum atomic E-state index is 11.2. The van der Waals surface area contributed by atoms with Crippen LogP contribution in [0.4, 0.5) is 0 Å². The highest BCUT2D eigenvalue weighted by molar-refractivity contribution is 8.10. The number of aromatic nitrogens is 1. The first-order valence-corrected chi connectivity index (χ1v) is 8.90. The lowest BCUT2D eigenvalue weighted by molar-refractivity contribution is -0.111. The Bertz CT molecular complexity index is 656. The quantitative estimate of drug-likeness (QED) is 0.698. The van der Waals surface area contributed by atoms with Crippen molar-refractivity contribution in [3.05, 3.63) is 40.7 Å². The molecule has 0 spiro atoms. The molecule has 1 saturated heterocycles. The molecule has 0 aliphatic carbocycles. The maximum Gasteiger partial charge on any atom is 0.138 e. The molecule has 110 valence electrons. The number of nitrogens with one attached hydrogen (secondary N) is 1. The Balaban J connectivity index is 1.83. The Kier molecular flexibility index (Phi) is 4.30. The van der Waals surface area contributed by atoms with Gasteiger partial charge in [-0.05, 0) is 37.5 Å². The van der Waals surface area contributed by atoms with Crippen LogP contribution in [0.3, 0.4) is 0 Å². The van der Waals surface area contributed by atoms with E-state index in [-0.39, 0.29) is 22.9 Å². The van der Waals surface area contributed by atoms with E-state index in [0.717, 1.165) is 24.0 Å². The second-order valence-electron chi connectivity index (χ2n) is 4.97. The Morgan fingerprint density at radius 3 is 3.14 bits per heavy atom. The van der Waals surface area contributed by atoms with Gasteiger partial charge in [-0.25, -0.2) is 9.03 Å². The fraction of sp³-hybridized carbons (Fsp3) is 0.267. The molecule has 6 heteroatoms.